The molecule has 5 heterocycles. The summed E-state index contributed by atoms with van der Waals surface area (Å²) in [4.78, 5) is 12.7. The van der Waals surface area contributed by atoms with Crippen LogP contribution in [0.4, 0.5) is 4.39 Å². The van der Waals surface area contributed by atoms with E-state index in [1.54, 1.807) is 30.1 Å². The van der Waals surface area contributed by atoms with E-state index in [9.17, 15) is 4.39 Å². The first-order chi connectivity index (χ1) is 14.1. The molecule has 0 spiro atoms. The first kappa shape index (κ1) is 17.3. The number of hydrogen-bond acceptors (Lipinski definition) is 5. The Morgan fingerprint density at radius 2 is 2.00 bits per heavy atom. The van der Waals surface area contributed by atoms with Crippen LogP contribution >= 0.6 is 0 Å². The van der Waals surface area contributed by atoms with E-state index in [1.165, 1.54) is 12.3 Å². The monoisotopic (exact) mass is 388 g/mol. The maximum atomic E-state index is 13.5. The molecule has 0 saturated carbocycles. The van der Waals surface area contributed by atoms with Crippen LogP contribution in [0.2, 0.25) is 0 Å². The van der Waals surface area contributed by atoms with Crippen LogP contribution in [-0.2, 0) is 6.54 Å². The van der Waals surface area contributed by atoms with Crippen LogP contribution in [-0.4, -0.2) is 36.2 Å². The van der Waals surface area contributed by atoms with Crippen molar-refractivity contribution < 1.29 is 9.13 Å². The number of aryl methyl sites for hydroxylation is 1. The lowest BCUT2D eigenvalue weighted by atomic mass is 10.1. The number of fused-ring (bicyclic) bond motifs is 2. The van der Waals surface area contributed by atoms with Gasteiger partial charge in [-0.2, -0.15) is 9.49 Å². The second-order valence-electron chi connectivity index (χ2n) is 6.72. The topological polar surface area (TPSA) is 70.1 Å². The number of pyridine rings is 2. The molecule has 0 aromatic carbocycles. The molecule has 8 heteroatoms. The Kier molecular flexibility index (Phi) is 3.97. The van der Waals surface area contributed by atoms with Gasteiger partial charge in [0.1, 0.15) is 17.1 Å². The summed E-state index contributed by atoms with van der Waals surface area (Å²) in [5.74, 6) is 1.04. The van der Waals surface area contributed by atoms with E-state index < -0.39 is 5.95 Å². The van der Waals surface area contributed by atoms with Crippen molar-refractivity contribution >= 4 is 16.7 Å². The van der Waals surface area contributed by atoms with Crippen LogP contribution < -0.4 is 4.74 Å². The number of rotatable bonds is 4. The number of methoxy groups -OCH3 is 1. The van der Waals surface area contributed by atoms with Crippen molar-refractivity contribution in [3.8, 4) is 16.9 Å². The van der Waals surface area contributed by atoms with Crippen molar-refractivity contribution in [1.82, 2.24) is 29.1 Å². The van der Waals surface area contributed by atoms with Crippen LogP contribution in [0.3, 0.4) is 0 Å². The van der Waals surface area contributed by atoms with Gasteiger partial charge in [-0.1, -0.05) is 0 Å². The van der Waals surface area contributed by atoms with Gasteiger partial charge >= 0.3 is 0 Å². The van der Waals surface area contributed by atoms with Crippen LogP contribution in [0.1, 0.15) is 11.4 Å². The zero-order valence-electron chi connectivity index (χ0n) is 15.9. The zero-order chi connectivity index (χ0) is 20.0. The summed E-state index contributed by atoms with van der Waals surface area (Å²) in [6.45, 7) is 2.40. The van der Waals surface area contributed by atoms with Crippen molar-refractivity contribution in [2.45, 2.75) is 13.5 Å². The van der Waals surface area contributed by atoms with Crippen molar-refractivity contribution in [2.24, 2.45) is 0 Å². The number of halogens is 1. The summed E-state index contributed by atoms with van der Waals surface area (Å²) >= 11 is 0. The van der Waals surface area contributed by atoms with Gasteiger partial charge < -0.3 is 9.30 Å². The molecular weight excluding hydrogens is 371 g/mol. The zero-order valence-corrected chi connectivity index (χ0v) is 15.9. The summed E-state index contributed by atoms with van der Waals surface area (Å²) in [5, 5.41) is 4.34. The predicted octanol–water partition coefficient (Wildman–Crippen LogP) is 3.65. The quantitative estimate of drug-likeness (QED) is 0.440. The first-order valence-corrected chi connectivity index (χ1v) is 9.08. The Morgan fingerprint density at radius 1 is 1.10 bits per heavy atom. The average Bonchev–Trinajstić information content (AvgIpc) is 3.29. The standard InChI is InChI=1S/C21H17FN6O/c1-13-26-21-17(27(13)12-14-3-6-23-19(22)9-14)10-15(11-24-21)16-5-8-28-20(16)18(29-2)4-7-25-28/h3-11H,12H2,1-2H3. The Labute approximate surface area is 165 Å². The maximum absolute atomic E-state index is 13.5. The molecule has 0 radical (unpaired) electrons. The fraction of sp³-hybridized carbons (Fsp3) is 0.143. The molecular formula is C21H17FN6O. The molecule has 0 fully saturated rings. The first-order valence-electron chi connectivity index (χ1n) is 9.08. The highest BCUT2D eigenvalue weighted by molar-refractivity contribution is 5.88. The normalized spacial score (nSPS) is 11.4. The second-order valence-corrected chi connectivity index (χ2v) is 6.72. The van der Waals surface area contributed by atoms with E-state index in [2.05, 4.69) is 20.1 Å². The Balaban J connectivity index is 1.66. The van der Waals surface area contributed by atoms with Crippen molar-refractivity contribution in [3.05, 3.63) is 72.5 Å². The summed E-state index contributed by atoms with van der Waals surface area (Å²) in [6.07, 6.45) is 6.85. The number of imidazole rings is 1. The highest BCUT2D eigenvalue weighted by Crippen LogP contribution is 2.32. The molecule has 0 saturated heterocycles. The van der Waals surface area contributed by atoms with Crippen molar-refractivity contribution in [2.75, 3.05) is 7.11 Å². The molecule has 0 atom stereocenters. The van der Waals surface area contributed by atoms with Crippen LogP contribution in [0.25, 0.3) is 27.8 Å². The van der Waals surface area contributed by atoms with E-state index in [4.69, 9.17) is 4.74 Å². The number of ether oxygens (including phenoxy) is 1. The fourth-order valence-electron chi connectivity index (χ4n) is 3.60. The Morgan fingerprint density at radius 3 is 2.83 bits per heavy atom. The summed E-state index contributed by atoms with van der Waals surface area (Å²) < 4.78 is 22.8. The minimum atomic E-state index is -0.497. The second kappa shape index (κ2) is 6.66. The molecule has 5 aromatic heterocycles. The predicted molar refractivity (Wildman–Crippen MR) is 106 cm³/mol. The van der Waals surface area contributed by atoms with Crippen molar-refractivity contribution in [3.63, 3.8) is 0 Å². The maximum Gasteiger partial charge on any atom is 0.213 e. The summed E-state index contributed by atoms with van der Waals surface area (Å²) in [5.41, 5.74) is 5.09. The van der Waals surface area contributed by atoms with E-state index in [-0.39, 0.29) is 0 Å². The SMILES string of the molecule is COc1ccnn2ccc(-c3cnc4nc(C)n(Cc5ccnc(F)c5)c4c3)c12. The van der Waals surface area contributed by atoms with Crippen LogP contribution in [0.5, 0.6) is 5.75 Å². The van der Waals surface area contributed by atoms with Gasteiger partial charge in [0.15, 0.2) is 5.65 Å². The van der Waals surface area contributed by atoms with Gasteiger partial charge in [0, 0.05) is 42.3 Å². The fourth-order valence-corrected chi connectivity index (χ4v) is 3.60. The minimum absolute atomic E-state index is 0.480. The lowest BCUT2D eigenvalue weighted by molar-refractivity contribution is 0.417. The van der Waals surface area contributed by atoms with Gasteiger partial charge in [0.2, 0.25) is 5.95 Å². The van der Waals surface area contributed by atoms with Gasteiger partial charge in [-0.15, -0.1) is 0 Å². The summed E-state index contributed by atoms with van der Waals surface area (Å²) in [7, 11) is 1.64. The number of nitrogens with zero attached hydrogens (tertiary/aromatic N) is 6. The van der Waals surface area contributed by atoms with E-state index >= 15 is 0 Å². The largest absolute Gasteiger partial charge is 0.494 e. The van der Waals surface area contributed by atoms with E-state index in [1.807, 2.05) is 35.9 Å². The highest BCUT2D eigenvalue weighted by Gasteiger charge is 2.15. The third-order valence-electron chi connectivity index (χ3n) is 4.98. The third-order valence-corrected chi connectivity index (χ3v) is 4.98. The molecule has 7 nitrogen and oxygen atoms in total. The molecule has 144 valence electrons. The smallest absolute Gasteiger partial charge is 0.213 e. The highest BCUT2D eigenvalue weighted by atomic mass is 19.1. The average molecular weight is 388 g/mol. The summed E-state index contributed by atoms with van der Waals surface area (Å²) in [6, 6.07) is 9.09. The molecule has 0 amide bonds. The van der Waals surface area contributed by atoms with E-state index in [0.717, 1.165) is 39.3 Å². The minimum Gasteiger partial charge on any atom is -0.494 e. The van der Waals surface area contributed by atoms with Gasteiger partial charge in [-0.25, -0.2) is 19.5 Å². The molecule has 0 aliphatic carbocycles. The van der Waals surface area contributed by atoms with Gasteiger partial charge in [0.25, 0.3) is 0 Å². The number of hydrogen-bond donors (Lipinski definition) is 0. The molecule has 5 rings (SSSR count). The van der Waals surface area contributed by atoms with Crippen LogP contribution in [0.15, 0.2) is 55.1 Å². The van der Waals surface area contributed by atoms with Gasteiger partial charge in [-0.3, -0.25) is 0 Å². The van der Waals surface area contributed by atoms with Gasteiger partial charge in [0.05, 0.1) is 18.8 Å². The molecule has 29 heavy (non-hydrogen) atoms. The Bertz CT molecular complexity index is 1360. The molecule has 0 unspecified atom stereocenters. The van der Waals surface area contributed by atoms with Gasteiger partial charge in [-0.05, 0) is 36.8 Å². The molecule has 5 aromatic rings. The number of aromatic nitrogens is 6. The molecule has 0 aliphatic heterocycles. The third kappa shape index (κ3) is 2.89. The lowest BCUT2D eigenvalue weighted by Crippen LogP contribution is -2.03. The molecule has 0 aliphatic rings. The van der Waals surface area contributed by atoms with Crippen molar-refractivity contribution in [1.29, 1.82) is 0 Å². The Hall–Kier alpha value is -3.81. The molecule has 0 bridgehead atoms. The van der Waals surface area contributed by atoms with Crippen LogP contribution in [0, 0.1) is 12.9 Å². The van der Waals surface area contributed by atoms with E-state index in [0.29, 0.717) is 12.2 Å². The lowest BCUT2D eigenvalue weighted by Gasteiger charge is -2.08. The molecule has 0 N–H and O–H groups in total.